The van der Waals surface area contributed by atoms with Crippen molar-refractivity contribution in [2.75, 3.05) is 6.61 Å². The molecule has 0 bridgehead atoms. The number of ether oxygens (including phenoxy) is 1. The molecular weight excluding hydrogens is 411 g/mol. The fourth-order valence-corrected chi connectivity index (χ4v) is 4.65. The number of benzene rings is 1. The van der Waals surface area contributed by atoms with Crippen molar-refractivity contribution in [3.63, 3.8) is 0 Å². The Morgan fingerprint density at radius 3 is 2.95 bits per heavy atom. The van der Waals surface area contributed by atoms with Gasteiger partial charge in [-0.2, -0.15) is 0 Å². The van der Waals surface area contributed by atoms with Gasteiger partial charge in [0.25, 0.3) is 0 Å². The summed E-state index contributed by atoms with van der Waals surface area (Å²) < 4.78 is 8.31. The summed E-state index contributed by atoms with van der Waals surface area (Å²) in [6.07, 6.45) is 1.62. The maximum absolute atomic E-state index is 12.2. The van der Waals surface area contributed by atoms with Crippen LogP contribution in [-0.4, -0.2) is 26.9 Å². The largest absolute Gasteiger partial charge is 0.461 e. The molecule has 0 saturated carbocycles. The number of hydrogen-bond acceptors (Lipinski definition) is 4. The van der Waals surface area contributed by atoms with E-state index in [2.05, 4.69) is 65.7 Å². The van der Waals surface area contributed by atoms with E-state index in [1.54, 1.807) is 18.0 Å². The van der Waals surface area contributed by atoms with Gasteiger partial charge >= 0.3 is 5.97 Å². The SMILES string of the molecule is CCOC(=O)c1cnc2n1C(c1cccc(I)c1)C(C)(C)S2. The van der Waals surface area contributed by atoms with Gasteiger partial charge in [-0.25, -0.2) is 9.78 Å². The average molecular weight is 428 g/mol. The summed E-state index contributed by atoms with van der Waals surface area (Å²) in [5, 5.41) is 0.872. The van der Waals surface area contributed by atoms with Crippen LogP contribution in [0.15, 0.2) is 35.6 Å². The highest BCUT2D eigenvalue weighted by atomic mass is 127. The van der Waals surface area contributed by atoms with Gasteiger partial charge in [0.05, 0.1) is 18.8 Å². The third-order valence-corrected chi connectivity index (χ3v) is 5.59. The number of fused-ring (bicyclic) bond motifs is 1. The smallest absolute Gasteiger partial charge is 0.356 e. The highest BCUT2D eigenvalue weighted by molar-refractivity contribution is 14.1. The van der Waals surface area contributed by atoms with E-state index in [0.29, 0.717) is 12.3 Å². The van der Waals surface area contributed by atoms with Crippen LogP contribution in [0.1, 0.15) is 42.9 Å². The number of thioether (sulfide) groups is 1. The molecule has 4 nitrogen and oxygen atoms in total. The Labute approximate surface area is 147 Å². The molecule has 1 unspecified atom stereocenters. The minimum atomic E-state index is -0.310. The van der Waals surface area contributed by atoms with Crippen LogP contribution in [0.4, 0.5) is 0 Å². The minimum Gasteiger partial charge on any atom is -0.461 e. The zero-order chi connectivity index (χ0) is 15.9. The number of esters is 1. The Balaban J connectivity index is 2.12. The van der Waals surface area contributed by atoms with Crippen molar-refractivity contribution in [1.29, 1.82) is 0 Å². The summed E-state index contributed by atoms with van der Waals surface area (Å²) in [5.74, 6) is -0.310. The van der Waals surface area contributed by atoms with Crippen molar-refractivity contribution in [2.45, 2.75) is 36.7 Å². The van der Waals surface area contributed by atoms with Gasteiger partial charge in [-0.3, -0.25) is 0 Å². The van der Waals surface area contributed by atoms with Crippen LogP contribution in [0.3, 0.4) is 0 Å². The van der Waals surface area contributed by atoms with Crippen molar-refractivity contribution in [2.24, 2.45) is 0 Å². The zero-order valence-electron chi connectivity index (χ0n) is 12.7. The molecule has 22 heavy (non-hydrogen) atoms. The van der Waals surface area contributed by atoms with E-state index >= 15 is 0 Å². The molecule has 2 heterocycles. The number of imidazole rings is 1. The predicted molar refractivity (Wildman–Crippen MR) is 95.4 cm³/mol. The van der Waals surface area contributed by atoms with Crippen LogP contribution < -0.4 is 0 Å². The van der Waals surface area contributed by atoms with E-state index < -0.39 is 0 Å². The molecule has 0 N–H and O–H groups in total. The van der Waals surface area contributed by atoms with Gasteiger partial charge in [0.1, 0.15) is 5.69 Å². The van der Waals surface area contributed by atoms with Crippen LogP contribution in [0, 0.1) is 3.57 Å². The van der Waals surface area contributed by atoms with Crippen LogP contribution in [0.2, 0.25) is 0 Å². The molecule has 0 radical (unpaired) electrons. The lowest BCUT2D eigenvalue weighted by Gasteiger charge is -2.28. The van der Waals surface area contributed by atoms with Gasteiger partial charge in [-0.15, -0.1) is 0 Å². The van der Waals surface area contributed by atoms with Gasteiger partial charge in [-0.1, -0.05) is 23.9 Å². The molecule has 6 heteroatoms. The first-order valence-electron chi connectivity index (χ1n) is 7.13. The first-order valence-corrected chi connectivity index (χ1v) is 9.02. The molecule has 1 aromatic heterocycles. The number of nitrogens with zero attached hydrogens (tertiary/aromatic N) is 2. The third kappa shape index (κ3) is 2.67. The molecule has 116 valence electrons. The van der Waals surface area contributed by atoms with E-state index in [1.165, 1.54) is 9.13 Å². The number of rotatable bonds is 3. The Morgan fingerprint density at radius 2 is 2.27 bits per heavy atom. The normalized spacial score (nSPS) is 19.0. The summed E-state index contributed by atoms with van der Waals surface area (Å²) >= 11 is 4.01. The topological polar surface area (TPSA) is 44.1 Å². The van der Waals surface area contributed by atoms with Crippen molar-refractivity contribution >= 4 is 40.3 Å². The van der Waals surface area contributed by atoms with Gasteiger partial charge < -0.3 is 9.30 Å². The van der Waals surface area contributed by atoms with Gasteiger partial charge in [-0.05, 0) is 61.1 Å². The molecule has 0 saturated heterocycles. The lowest BCUT2D eigenvalue weighted by atomic mass is 9.95. The van der Waals surface area contributed by atoms with E-state index in [9.17, 15) is 4.79 Å². The molecule has 1 aromatic carbocycles. The summed E-state index contributed by atoms with van der Waals surface area (Å²) in [6.45, 7) is 6.55. The second-order valence-corrected chi connectivity index (χ2v) is 8.55. The Kier molecular flexibility index (Phi) is 4.24. The lowest BCUT2D eigenvalue weighted by Crippen LogP contribution is -2.28. The molecule has 1 atom stereocenters. The molecule has 0 amide bonds. The maximum atomic E-state index is 12.2. The lowest BCUT2D eigenvalue weighted by molar-refractivity contribution is 0.0511. The minimum absolute atomic E-state index is 0.0594. The highest BCUT2D eigenvalue weighted by Crippen LogP contribution is 2.51. The summed E-state index contributed by atoms with van der Waals surface area (Å²) in [6, 6.07) is 8.46. The quantitative estimate of drug-likeness (QED) is 0.545. The molecule has 1 aliphatic heterocycles. The number of halogens is 1. The van der Waals surface area contributed by atoms with Crippen LogP contribution >= 0.6 is 34.4 Å². The monoisotopic (exact) mass is 428 g/mol. The fraction of sp³-hybridized carbons (Fsp3) is 0.375. The van der Waals surface area contributed by atoms with E-state index in [-0.39, 0.29) is 16.8 Å². The second kappa shape index (κ2) is 5.88. The molecule has 0 fully saturated rings. The maximum Gasteiger partial charge on any atom is 0.356 e. The van der Waals surface area contributed by atoms with Gasteiger partial charge in [0.15, 0.2) is 5.16 Å². The van der Waals surface area contributed by atoms with Crippen LogP contribution in [-0.2, 0) is 4.74 Å². The Hall–Kier alpha value is -1.02. The molecule has 1 aliphatic rings. The van der Waals surface area contributed by atoms with Gasteiger partial charge in [0.2, 0.25) is 0 Å². The van der Waals surface area contributed by atoms with Crippen molar-refractivity contribution in [1.82, 2.24) is 9.55 Å². The molecule has 0 spiro atoms. The van der Waals surface area contributed by atoms with Gasteiger partial charge in [0, 0.05) is 8.32 Å². The van der Waals surface area contributed by atoms with Crippen molar-refractivity contribution < 1.29 is 9.53 Å². The standard InChI is InChI=1S/C16H17IN2O2S/c1-4-21-14(20)12-9-18-15-19(12)13(16(2,3)22-15)10-6-5-7-11(17)8-10/h5-9,13H,4H2,1-3H3. The summed E-state index contributed by atoms with van der Waals surface area (Å²) in [7, 11) is 0. The van der Waals surface area contributed by atoms with E-state index in [4.69, 9.17) is 4.74 Å². The number of carbonyl (C=O) groups is 1. The molecule has 2 aromatic rings. The second-order valence-electron chi connectivity index (χ2n) is 5.68. The third-order valence-electron chi connectivity index (χ3n) is 3.68. The Bertz CT molecular complexity index is 727. The first kappa shape index (κ1) is 15.9. The first-order chi connectivity index (χ1) is 10.4. The zero-order valence-corrected chi connectivity index (χ0v) is 15.6. The average Bonchev–Trinajstić information content (AvgIpc) is 2.92. The van der Waals surface area contributed by atoms with E-state index in [1.807, 2.05) is 11.5 Å². The molecular formula is C16H17IN2O2S. The highest BCUT2D eigenvalue weighted by Gasteiger charge is 2.44. The predicted octanol–water partition coefficient (Wildman–Crippen LogP) is 4.14. The van der Waals surface area contributed by atoms with Crippen molar-refractivity contribution in [3.05, 3.63) is 45.3 Å². The Morgan fingerprint density at radius 1 is 1.50 bits per heavy atom. The molecule has 3 rings (SSSR count). The summed E-state index contributed by atoms with van der Waals surface area (Å²) in [4.78, 5) is 16.6. The fourth-order valence-electron chi connectivity index (χ4n) is 2.85. The van der Waals surface area contributed by atoms with Crippen LogP contribution in [0.25, 0.3) is 0 Å². The number of carbonyl (C=O) groups excluding carboxylic acids is 1. The van der Waals surface area contributed by atoms with E-state index in [0.717, 1.165) is 5.16 Å². The van der Waals surface area contributed by atoms with Crippen LogP contribution in [0.5, 0.6) is 0 Å². The number of hydrogen-bond donors (Lipinski definition) is 0. The molecule has 0 aliphatic carbocycles. The number of aromatic nitrogens is 2. The summed E-state index contributed by atoms with van der Waals surface area (Å²) in [5.41, 5.74) is 1.71. The van der Waals surface area contributed by atoms with Crippen molar-refractivity contribution in [3.8, 4) is 0 Å².